The van der Waals surface area contributed by atoms with Crippen LogP contribution in [-0.4, -0.2) is 53.7 Å². The van der Waals surface area contributed by atoms with Gasteiger partial charge in [0.2, 0.25) is 10.0 Å². The second kappa shape index (κ2) is 8.22. The summed E-state index contributed by atoms with van der Waals surface area (Å²) in [6.07, 6.45) is 4.13. The zero-order chi connectivity index (χ0) is 20.3. The minimum Gasteiger partial charge on any atom is -0.381 e. The highest BCUT2D eigenvalue weighted by atomic mass is 32.2. The van der Waals surface area contributed by atoms with Gasteiger partial charge in [0.25, 0.3) is 0 Å². The first-order valence-corrected chi connectivity index (χ1v) is 11.4. The maximum absolute atomic E-state index is 11.4. The Morgan fingerprint density at radius 3 is 2.69 bits per heavy atom. The molecule has 1 fully saturated rings. The van der Waals surface area contributed by atoms with Crippen LogP contribution >= 0.6 is 0 Å². The first-order valence-electron chi connectivity index (χ1n) is 9.48. The van der Waals surface area contributed by atoms with E-state index in [9.17, 15) is 8.42 Å². The molecule has 9 heteroatoms. The van der Waals surface area contributed by atoms with Gasteiger partial charge in [-0.2, -0.15) is 0 Å². The van der Waals surface area contributed by atoms with Crippen LogP contribution in [0.15, 0.2) is 60.8 Å². The lowest BCUT2D eigenvalue weighted by Crippen LogP contribution is -2.26. The summed E-state index contributed by atoms with van der Waals surface area (Å²) in [5.41, 5.74) is 3.40. The second-order valence-corrected chi connectivity index (χ2v) is 9.06. The molecule has 1 atom stereocenters. The molecule has 0 bridgehead atoms. The lowest BCUT2D eigenvalue weighted by Gasteiger charge is -2.17. The first-order chi connectivity index (χ1) is 13.9. The van der Waals surface area contributed by atoms with Gasteiger partial charge < -0.3 is 5.32 Å². The van der Waals surface area contributed by atoms with Crippen molar-refractivity contribution in [1.29, 1.82) is 0 Å². The summed E-state index contributed by atoms with van der Waals surface area (Å²) in [6, 6.07) is 17.6. The third kappa shape index (κ3) is 5.33. The van der Waals surface area contributed by atoms with Crippen LogP contribution in [0.2, 0.25) is 0 Å². The van der Waals surface area contributed by atoms with Gasteiger partial charge in [0.05, 0.1) is 29.5 Å². The molecule has 3 aromatic rings. The Labute approximate surface area is 170 Å². The Bertz CT molecular complexity index is 1070. The van der Waals surface area contributed by atoms with Crippen molar-refractivity contribution in [2.45, 2.75) is 19.0 Å². The molecule has 8 nitrogen and oxygen atoms in total. The van der Waals surface area contributed by atoms with Crippen LogP contribution in [0, 0.1) is 0 Å². The third-order valence-electron chi connectivity index (χ3n) is 4.76. The minimum atomic E-state index is -3.28. The minimum absolute atomic E-state index is 0.299. The van der Waals surface area contributed by atoms with Gasteiger partial charge in [-0.25, -0.2) is 13.1 Å². The van der Waals surface area contributed by atoms with Crippen molar-refractivity contribution >= 4 is 21.4 Å². The number of hydrogen-bond donors (Lipinski definition) is 2. The van der Waals surface area contributed by atoms with Gasteiger partial charge in [-0.05, 0) is 36.8 Å². The van der Waals surface area contributed by atoms with Gasteiger partial charge in [0.1, 0.15) is 0 Å². The molecule has 0 amide bonds. The lowest BCUT2D eigenvalue weighted by molar-refractivity contribution is 0.324. The molecule has 0 saturated carbocycles. The van der Waals surface area contributed by atoms with Crippen LogP contribution in [0.1, 0.15) is 12.1 Å². The molecular formula is C20H24N6O2S. The van der Waals surface area contributed by atoms with E-state index in [1.807, 2.05) is 54.7 Å². The smallest absolute Gasteiger partial charge is 0.229 e. The molecule has 2 N–H and O–H groups in total. The fraction of sp³-hybridized carbons (Fsp3) is 0.300. The van der Waals surface area contributed by atoms with Gasteiger partial charge in [0, 0.05) is 31.4 Å². The van der Waals surface area contributed by atoms with E-state index in [2.05, 4.69) is 25.3 Å². The predicted molar refractivity (Wildman–Crippen MR) is 114 cm³/mol. The number of benzene rings is 2. The standard InChI is InChI=1S/C20H24N6O2S/c1-29(27,28)23-17-7-5-6-16(12-17)21-18-10-11-25(13-18)14-19-15-26(24-22-19)20-8-3-2-4-9-20/h2-9,12,15,18,21,23H,10-11,13-14H2,1H3. The van der Waals surface area contributed by atoms with Crippen LogP contribution in [0.4, 0.5) is 11.4 Å². The van der Waals surface area contributed by atoms with E-state index in [0.717, 1.165) is 49.4 Å². The molecule has 4 rings (SSSR count). The van der Waals surface area contributed by atoms with Gasteiger partial charge in [-0.15, -0.1) is 5.10 Å². The number of likely N-dealkylation sites (tertiary alicyclic amines) is 1. The molecular weight excluding hydrogens is 388 g/mol. The fourth-order valence-corrected chi connectivity index (χ4v) is 4.08. The van der Waals surface area contributed by atoms with Crippen molar-refractivity contribution in [2.75, 3.05) is 29.4 Å². The molecule has 29 heavy (non-hydrogen) atoms. The zero-order valence-electron chi connectivity index (χ0n) is 16.2. The van der Waals surface area contributed by atoms with E-state index in [-0.39, 0.29) is 0 Å². The summed E-state index contributed by atoms with van der Waals surface area (Å²) in [7, 11) is -3.28. The Hall–Kier alpha value is -2.91. The summed E-state index contributed by atoms with van der Waals surface area (Å²) < 4.78 is 27.1. The summed E-state index contributed by atoms with van der Waals surface area (Å²) in [5, 5.41) is 12.0. The number of para-hydroxylation sites is 1. The molecule has 0 spiro atoms. The van der Waals surface area contributed by atoms with Gasteiger partial charge in [-0.3, -0.25) is 9.62 Å². The normalized spacial score (nSPS) is 17.3. The summed E-state index contributed by atoms with van der Waals surface area (Å²) in [4.78, 5) is 2.34. The molecule has 0 radical (unpaired) electrons. The third-order valence-corrected chi connectivity index (χ3v) is 5.36. The number of anilines is 2. The average Bonchev–Trinajstić information content (AvgIpc) is 3.31. The summed E-state index contributed by atoms with van der Waals surface area (Å²) >= 11 is 0. The van der Waals surface area contributed by atoms with E-state index in [1.54, 1.807) is 10.7 Å². The number of aromatic nitrogens is 3. The second-order valence-electron chi connectivity index (χ2n) is 7.31. The van der Waals surface area contributed by atoms with E-state index in [0.29, 0.717) is 11.7 Å². The molecule has 1 aliphatic heterocycles. The van der Waals surface area contributed by atoms with Crippen molar-refractivity contribution in [3.63, 3.8) is 0 Å². The number of hydrogen-bond acceptors (Lipinski definition) is 6. The van der Waals surface area contributed by atoms with Crippen molar-refractivity contribution in [3.05, 3.63) is 66.5 Å². The van der Waals surface area contributed by atoms with E-state index >= 15 is 0 Å². The average molecular weight is 413 g/mol. The Morgan fingerprint density at radius 1 is 1.10 bits per heavy atom. The number of rotatable bonds is 7. The lowest BCUT2D eigenvalue weighted by atomic mass is 10.2. The highest BCUT2D eigenvalue weighted by Crippen LogP contribution is 2.21. The van der Waals surface area contributed by atoms with Crippen LogP contribution < -0.4 is 10.0 Å². The fourth-order valence-electron chi connectivity index (χ4n) is 3.52. The Morgan fingerprint density at radius 2 is 1.90 bits per heavy atom. The van der Waals surface area contributed by atoms with Crippen LogP contribution in [0.25, 0.3) is 5.69 Å². The van der Waals surface area contributed by atoms with Crippen LogP contribution in [0.3, 0.4) is 0 Å². The monoisotopic (exact) mass is 412 g/mol. The first kappa shape index (κ1) is 19.4. The molecule has 2 aromatic carbocycles. The molecule has 0 aliphatic carbocycles. The van der Waals surface area contributed by atoms with Crippen LogP contribution in [-0.2, 0) is 16.6 Å². The predicted octanol–water partition coefficient (Wildman–Crippen LogP) is 2.33. The van der Waals surface area contributed by atoms with Crippen molar-refractivity contribution < 1.29 is 8.42 Å². The van der Waals surface area contributed by atoms with E-state index < -0.39 is 10.0 Å². The highest BCUT2D eigenvalue weighted by molar-refractivity contribution is 7.92. The maximum atomic E-state index is 11.4. The molecule has 152 valence electrons. The van der Waals surface area contributed by atoms with Crippen molar-refractivity contribution in [2.24, 2.45) is 0 Å². The number of nitrogens with zero attached hydrogens (tertiary/aromatic N) is 4. The van der Waals surface area contributed by atoms with E-state index in [4.69, 9.17) is 0 Å². The highest BCUT2D eigenvalue weighted by Gasteiger charge is 2.23. The van der Waals surface area contributed by atoms with Gasteiger partial charge in [0.15, 0.2) is 0 Å². The Balaban J connectivity index is 1.33. The summed E-state index contributed by atoms with van der Waals surface area (Å²) in [5.74, 6) is 0. The molecule has 1 aliphatic rings. The van der Waals surface area contributed by atoms with Gasteiger partial charge in [-0.1, -0.05) is 29.5 Å². The number of nitrogens with one attached hydrogen (secondary N) is 2. The Kier molecular flexibility index (Phi) is 5.50. The SMILES string of the molecule is CS(=O)(=O)Nc1cccc(NC2CCN(Cc3cn(-c4ccccc4)nn3)C2)c1. The van der Waals surface area contributed by atoms with Gasteiger partial charge >= 0.3 is 0 Å². The quantitative estimate of drug-likeness (QED) is 0.619. The summed E-state index contributed by atoms with van der Waals surface area (Å²) in [6.45, 7) is 2.61. The molecule has 1 unspecified atom stereocenters. The zero-order valence-corrected chi connectivity index (χ0v) is 17.0. The topological polar surface area (TPSA) is 92.2 Å². The number of sulfonamides is 1. The van der Waals surface area contributed by atoms with Crippen molar-refractivity contribution in [3.8, 4) is 5.69 Å². The molecule has 1 aromatic heterocycles. The largest absolute Gasteiger partial charge is 0.381 e. The van der Waals surface area contributed by atoms with E-state index in [1.165, 1.54) is 0 Å². The molecule has 2 heterocycles. The maximum Gasteiger partial charge on any atom is 0.229 e. The molecule has 1 saturated heterocycles. The van der Waals surface area contributed by atoms with Crippen molar-refractivity contribution in [1.82, 2.24) is 19.9 Å². The van der Waals surface area contributed by atoms with Crippen LogP contribution in [0.5, 0.6) is 0 Å².